The lowest BCUT2D eigenvalue weighted by Gasteiger charge is -2.33. The molecular weight excluding hydrogens is 413 g/mol. The Morgan fingerprint density at radius 3 is 2.72 bits per heavy atom. The standard InChI is InChI=1S/C20H21Cl2N5O2/c1-11-18(20(29)26-8-6-14(10-26)25-12(2)28)19(27-17(24-11)5-7-23-27)13-3-4-15(21)16(22)9-13/h3-5,7,9,14,18-19H,6,8,10H2,1-2H3,(H,25,28). The molecule has 2 aromatic rings. The van der Waals surface area contributed by atoms with Crippen molar-refractivity contribution in [3.8, 4) is 0 Å². The maximum Gasteiger partial charge on any atom is 0.233 e. The van der Waals surface area contributed by atoms with Gasteiger partial charge in [0, 0.05) is 37.8 Å². The van der Waals surface area contributed by atoms with Crippen LogP contribution < -0.4 is 5.32 Å². The molecule has 0 aliphatic carbocycles. The Bertz CT molecular complexity index is 1000. The van der Waals surface area contributed by atoms with Gasteiger partial charge in [-0.3, -0.25) is 9.59 Å². The number of halogens is 2. The molecular formula is C20H21Cl2N5O2. The molecule has 2 aliphatic heterocycles. The summed E-state index contributed by atoms with van der Waals surface area (Å²) in [4.78, 5) is 31.3. The van der Waals surface area contributed by atoms with E-state index >= 15 is 0 Å². The third-order valence-electron chi connectivity index (χ3n) is 5.43. The molecule has 0 saturated carbocycles. The van der Waals surface area contributed by atoms with Crippen LogP contribution in [0, 0.1) is 5.92 Å². The number of likely N-dealkylation sites (tertiary alicyclic amines) is 1. The second-order valence-electron chi connectivity index (χ2n) is 7.45. The molecule has 9 heteroatoms. The molecule has 7 nitrogen and oxygen atoms in total. The van der Waals surface area contributed by atoms with E-state index in [4.69, 9.17) is 23.2 Å². The number of nitrogens with one attached hydrogen (secondary N) is 1. The highest BCUT2D eigenvalue weighted by Gasteiger charge is 2.41. The lowest BCUT2D eigenvalue weighted by Crippen LogP contribution is -2.45. The van der Waals surface area contributed by atoms with Crippen LogP contribution in [-0.2, 0) is 9.59 Å². The molecule has 3 unspecified atom stereocenters. The van der Waals surface area contributed by atoms with Crippen LogP contribution in [0.1, 0.15) is 31.9 Å². The van der Waals surface area contributed by atoms with Crippen molar-refractivity contribution in [2.24, 2.45) is 10.9 Å². The lowest BCUT2D eigenvalue weighted by atomic mass is 9.87. The van der Waals surface area contributed by atoms with Crippen LogP contribution in [-0.4, -0.2) is 51.3 Å². The molecule has 1 N–H and O–H groups in total. The molecule has 29 heavy (non-hydrogen) atoms. The van der Waals surface area contributed by atoms with E-state index in [2.05, 4.69) is 15.4 Å². The smallest absolute Gasteiger partial charge is 0.233 e. The van der Waals surface area contributed by atoms with E-state index in [0.29, 0.717) is 29.0 Å². The minimum absolute atomic E-state index is 0.0269. The quantitative estimate of drug-likeness (QED) is 0.806. The normalized spacial score (nSPS) is 23.5. The summed E-state index contributed by atoms with van der Waals surface area (Å²) in [6, 6.07) is 6.79. The minimum Gasteiger partial charge on any atom is -0.352 e. The molecule has 0 radical (unpaired) electrons. The van der Waals surface area contributed by atoms with Gasteiger partial charge in [-0.2, -0.15) is 5.10 Å². The predicted octanol–water partition coefficient (Wildman–Crippen LogP) is 3.24. The van der Waals surface area contributed by atoms with E-state index in [9.17, 15) is 9.59 Å². The Morgan fingerprint density at radius 2 is 2.00 bits per heavy atom. The summed E-state index contributed by atoms with van der Waals surface area (Å²) in [7, 11) is 0. The van der Waals surface area contributed by atoms with Crippen LogP contribution in [0.3, 0.4) is 0 Å². The van der Waals surface area contributed by atoms with E-state index < -0.39 is 5.92 Å². The first-order valence-corrected chi connectivity index (χ1v) is 10.2. The number of carbonyl (C=O) groups excluding carboxylic acids is 2. The molecule has 1 fully saturated rings. The fourth-order valence-corrected chi connectivity index (χ4v) is 4.44. The van der Waals surface area contributed by atoms with Crippen molar-refractivity contribution in [1.82, 2.24) is 20.0 Å². The van der Waals surface area contributed by atoms with Crippen LogP contribution >= 0.6 is 23.2 Å². The summed E-state index contributed by atoms with van der Waals surface area (Å²) < 4.78 is 1.76. The van der Waals surface area contributed by atoms with Crippen molar-refractivity contribution in [3.05, 3.63) is 46.1 Å². The number of nitrogens with zero attached hydrogens (tertiary/aromatic N) is 4. The summed E-state index contributed by atoms with van der Waals surface area (Å²) in [5.74, 6) is 0.0572. The van der Waals surface area contributed by atoms with Crippen molar-refractivity contribution in [2.75, 3.05) is 13.1 Å². The summed E-state index contributed by atoms with van der Waals surface area (Å²) in [6.07, 6.45) is 2.41. The average molecular weight is 434 g/mol. The van der Waals surface area contributed by atoms with Gasteiger partial charge in [0.2, 0.25) is 11.8 Å². The van der Waals surface area contributed by atoms with Gasteiger partial charge in [0.15, 0.2) is 5.82 Å². The summed E-state index contributed by atoms with van der Waals surface area (Å²) >= 11 is 12.4. The van der Waals surface area contributed by atoms with E-state index in [1.165, 1.54) is 6.92 Å². The number of carbonyl (C=O) groups is 2. The van der Waals surface area contributed by atoms with E-state index in [1.54, 1.807) is 27.9 Å². The fourth-order valence-electron chi connectivity index (χ4n) is 4.14. The van der Waals surface area contributed by atoms with E-state index in [1.807, 2.05) is 19.1 Å². The number of amides is 2. The zero-order valence-electron chi connectivity index (χ0n) is 16.1. The molecule has 152 valence electrons. The number of benzene rings is 1. The van der Waals surface area contributed by atoms with Crippen LogP contribution in [0.25, 0.3) is 0 Å². The maximum atomic E-state index is 13.5. The zero-order valence-corrected chi connectivity index (χ0v) is 17.6. The third kappa shape index (κ3) is 3.76. The summed E-state index contributed by atoms with van der Waals surface area (Å²) in [5, 5.41) is 8.20. The summed E-state index contributed by atoms with van der Waals surface area (Å²) in [5.41, 5.74) is 1.57. The molecule has 0 spiro atoms. The van der Waals surface area contributed by atoms with E-state index in [0.717, 1.165) is 17.7 Å². The maximum absolute atomic E-state index is 13.5. The van der Waals surface area contributed by atoms with Gasteiger partial charge in [0.25, 0.3) is 0 Å². The highest BCUT2D eigenvalue weighted by atomic mass is 35.5. The zero-order chi connectivity index (χ0) is 20.7. The lowest BCUT2D eigenvalue weighted by molar-refractivity contribution is -0.133. The Hall–Kier alpha value is -2.38. The molecule has 4 rings (SSSR count). The Balaban J connectivity index is 1.69. The van der Waals surface area contributed by atoms with Crippen molar-refractivity contribution >= 4 is 46.5 Å². The first-order chi connectivity index (χ1) is 13.8. The molecule has 2 amide bonds. The largest absolute Gasteiger partial charge is 0.352 e. The highest BCUT2D eigenvalue weighted by molar-refractivity contribution is 6.42. The molecule has 1 saturated heterocycles. The SMILES string of the molecule is CC(=O)NC1CCN(C(=O)C2C(C)=Nc3ccnn3C2c2ccc(Cl)c(Cl)c2)C1. The molecule has 3 atom stereocenters. The van der Waals surface area contributed by atoms with Crippen molar-refractivity contribution < 1.29 is 9.59 Å². The number of rotatable bonds is 3. The molecule has 0 bridgehead atoms. The fraction of sp³-hybridized carbons (Fsp3) is 0.400. The Kier molecular flexibility index (Phi) is 5.36. The predicted molar refractivity (Wildman–Crippen MR) is 112 cm³/mol. The Labute approximate surface area is 178 Å². The van der Waals surface area contributed by atoms with Crippen molar-refractivity contribution in [2.45, 2.75) is 32.4 Å². The van der Waals surface area contributed by atoms with Gasteiger partial charge >= 0.3 is 0 Å². The van der Waals surface area contributed by atoms with Crippen LogP contribution in [0.15, 0.2) is 35.5 Å². The van der Waals surface area contributed by atoms with E-state index in [-0.39, 0.29) is 23.9 Å². The molecule has 1 aromatic heterocycles. The topological polar surface area (TPSA) is 79.6 Å². The second kappa shape index (κ2) is 7.80. The number of hydrogen-bond acceptors (Lipinski definition) is 4. The minimum atomic E-state index is -0.518. The van der Waals surface area contributed by atoms with Gasteiger partial charge in [-0.15, -0.1) is 0 Å². The van der Waals surface area contributed by atoms with Gasteiger partial charge in [-0.1, -0.05) is 29.3 Å². The van der Waals surface area contributed by atoms with Gasteiger partial charge in [-0.05, 0) is 31.0 Å². The van der Waals surface area contributed by atoms with Gasteiger partial charge < -0.3 is 10.2 Å². The first kappa shape index (κ1) is 19.9. The molecule has 1 aromatic carbocycles. The summed E-state index contributed by atoms with van der Waals surface area (Å²) in [6.45, 7) is 4.43. The van der Waals surface area contributed by atoms with Crippen LogP contribution in [0.4, 0.5) is 5.82 Å². The first-order valence-electron chi connectivity index (χ1n) is 9.44. The highest BCUT2D eigenvalue weighted by Crippen LogP contribution is 2.39. The number of hydrogen-bond donors (Lipinski definition) is 1. The van der Waals surface area contributed by atoms with Crippen molar-refractivity contribution in [1.29, 1.82) is 0 Å². The van der Waals surface area contributed by atoms with Gasteiger partial charge in [0.1, 0.15) is 5.92 Å². The molecule has 2 aliphatic rings. The number of aliphatic imine (C=N–C) groups is 1. The number of aromatic nitrogens is 2. The number of fused-ring (bicyclic) bond motifs is 1. The third-order valence-corrected chi connectivity index (χ3v) is 6.17. The van der Waals surface area contributed by atoms with Crippen LogP contribution in [0.2, 0.25) is 10.0 Å². The Morgan fingerprint density at radius 1 is 1.21 bits per heavy atom. The average Bonchev–Trinajstić information content (AvgIpc) is 3.31. The van der Waals surface area contributed by atoms with Crippen molar-refractivity contribution in [3.63, 3.8) is 0 Å². The van der Waals surface area contributed by atoms with Crippen LogP contribution in [0.5, 0.6) is 0 Å². The molecule has 3 heterocycles. The van der Waals surface area contributed by atoms with Gasteiger partial charge in [0.05, 0.1) is 22.3 Å². The second-order valence-corrected chi connectivity index (χ2v) is 8.27. The van der Waals surface area contributed by atoms with Gasteiger partial charge in [-0.25, -0.2) is 9.67 Å². The monoisotopic (exact) mass is 433 g/mol.